The van der Waals surface area contributed by atoms with Gasteiger partial charge in [0.2, 0.25) is 0 Å². The maximum atomic E-state index is 9.43. The Balaban J connectivity index is 1.64. The minimum absolute atomic E-state index is 0.290. The van der Waals surface area contributed by atoms with Crippen LogP contribution < -0.4 is 5.32 Å². The van der Waals surface area contributed by atoms with Crippen molar-refractivity contribution >= 4 is 11.3 Å². The highest BCUT2D eigenvalue weighted by molar-refractivity contribution is 7.13. The fraction of sp³-hybridized carbons (Fsp3) is 0.611. The van der Waals surface area contributed by atoms with Crippen LogP contribution in [0.3, 0.4) is 0 Å². The zero-order valence-corrected chi connectivity index (χ0v) is 14.7. The monoisotopic (exact) mass is 333 g/mol. The van der Waals surface area contributed by atoms with Crippen molar-refractivity contribution < 1.29 is 5.11 Å². The average molecular weight is 334 g/mol. The number of aryl methyl sites for hydroxylation is 1. The number of aliphatic hydroxyl groups is 1. The van der Waals surface area contributed by atoms with Crippen LogP contribution >= 0.6 is 11.3 Å². The normalized spacial score (nSPS) is 17.5. The quantitative estimate of drug-likeness (QED) is 0.814. The van der Waals surface area contributed by atoms with Crippen molar-refractivity contribution in [2.45, 2.75) is 45.1 Å². The number of nitrogens with zero attached hydrogens (tertiary/aromatic N) is 2. The summed E-state index contributed by atoms with van der Waals surface area (Å²) in [5.41, 5.74) is 2.64. The third-order valence-corrected chi connectivity index (χ3v) is 5.91. The average Bonchev–Trinajstić information content (AvgIpc) is 3.18. The first-order valence-electron chi connectivity index (χ1n) is 8.60. The van der Waals surface area contributed by atoms with Crippen molar-refractivity contribution in [2.24, 2.45) is 12.5 Å². The van der Waals surface area contributed by atoms with Gasteiger partial charge in [-0.25, -0.2) is 0 Å². The molecule has 0 bridgehead atoms. The van der Waals surface area contributed by atoms with E-state index >= 15 is 0 Å². The number of rotatable bonds is 7. The van der Waals surface area contributed by atoms with E-state index in [9.17, 15) is 5.11 Å². The highest BCUT2D eigenvalue weighted by atomic mass is 32.1. The Morgan fingerprint density at radius 1 is 1.35 bits per heavy atom. The number of thiophene rings is 1. The van der Waals surface area contributed by atoms with Gasteiger partial charge in [0.05, 0.1) is 4.88 Å². The molecule has 2 heterocycles. The third-order valence-electron chi connectivity index (χ3n) is 5.03. The topological polar surface area (TPSA) is 50.1 Å². The summed E-state index contributed by atoms with van der Waals surface area (Å²) in [7, 11) is 1.98. The van der Waals surface area contributed by atoms with Gasteiger partial charge in [0.1, 0.15) is 5.69 Å². The summed E-state index contributed by atoms with van der Waals surface area (Å²) in [6.45, 7) is 2.13. The van der Waals surface area contributed by atoms with Crippen molar-refractivity contribution in [3.05, 3.63) is 29.3 Å². The van der Waals surface area contributed by atoms with Gasteiger partial charge >= 0.3 is 0 Å². The summed E-state index contributed by atoms with van der Waals surface area (Å²) in [6.07, 6.45) is 9.46. The zero-order valence-electron chi connectivity index (χ0n) is 13.9. The summed E-state index contributed by atoms with van der Waals surface area (Å²) in [5.74, 6) is 0. The van der Waals surface area contributed by atoms with Crippen LogP contribution in [0.4, 0.5) is 0 Å². The molecule has 126 valence electrons. The van der Waals surface area contributed by atoms with Gasteiger partial charge in [0, 0.05) is 38.5 Å². The molecular formula is C18H27N3OS. The Kier molecular flexibility index (Phi) is 5.51. The first-order valence-corrected chi connectivity index (χ1v) is 9.48. The predicted molar refractivity (Wildman–Crippen MR) is 95.4 cm³/mol. The SMILES string of the molecule is Cn1cc(CNCC2(CCO)CCCCC2)c(-c2cccs2)n1. The summed E-state index contributed by atoms with van der Waals surface area (Å²) < 4.78 is 1.90. The second-order valence-electron chi connectivity index (χ2n) is 6.79. The lowest BCUT2D eigenvalue weighted by Gasteiger charge is -2.37. The Morgan fingerprint density at radius 2 is 2.17 bits per heavy atom. The van der Waals surface area contributed by atoms with Crippen molar-refractivity contribution in [3.63, 3.8) is 0 Å². The molecule has 5 heteroatoms. The molecule has 23 heavy (non-hydrogen) atoms. The Labute approximate surface area is 142 Å². The van der Waals surface area contributed by atoms with Crippen LogP contribution in [-0.2, 0) is 13.6 Å². The van der Waals surface area contributed by atoms with Crippen molar-refractivity contribution in [1.29, 1.82) is 0 Å². The van der Waals surface area contributed by atoms with Gasteiger partial charge in [-0.3, -0.25) is 4.68 Å². The van der Waals surface area contributed by atoms with Gasteiger partial charge in [-0.1, -0.05) is 25.3 Å². The van der Waals surface area contributed by atoms with Crippen LogP contribution in [0.2, 0.25) is 0 Å². The summed E-state index contributed by atoms with van der Waals surface area (Å²) in [6, 6.07) is 4.20. The second-order valence-corrected chi connectivity index (χ2v) is 7.74. The first kappa shape index (κ1) is 16.7. The molecule has 2 aromatic heterocycles. The summed E-state index contributed by atoms with van der Waals surface area (Å²) in [5, 5.41) is 19.8. The number of hydrogen-bond acceptors (Lipinski definition) is 4. The standard InChI is InChI=1S/C18H27N3OS/c1-21-13-15(17(20-21)16-6-5-11-23-16)12-19-14-18(9-10-22)7-3-2-4-8-18/h5-6,11,13,19,22H,2-4,7-10,12,14H2,1H3. The van der Waals surface area contributed by atoms with Gasteiger partial charge in [-0.15, -0.1) is 11.3 Å². The number of hydrogen-bond donors (Lipinski definition) is 2. The number of aromatic nitrogens is 2. The largest absolute Gasteiger partial charge is 0.396 e. The van der Waals surface area contributed by atoms with E-state index in [1.807, 2.05) is 11.7 Å². The predicted octanol–water partition coefficient (Wildman–Crippen LogP) is 3.57. The Bertz CT molecular complexity index is 594. The molecule has 0 atom stereocenters. The van der Waals surface area contributed by atoms with Gasteiger partial charge < -0.3 is 10.4 Å². The molecule has 0 radical (unpaired) electrons. The lowest BCUT2D eigenvalue weighted by Crippen LogP contribution is -2.36. The fourth-order valence-electron chi connectivity index (χ4n) is 3.80. The number of aliphatic hydroxyl groups excluding tert-OH is 1. The van der Waals surface area contributed by atoms with E-state index in [2.05, 4.69) is 34.1 Å². The zero-order chi connectivity index (χ0) is 16.1. The van der Waals surface area contributed by atoms with E-state index < -0.39 is 0 Å². The lowest BCUT2D eigenvalue weighted by atomic mass is 9.72. The highest BCUT2D eigenvalue weighted by Gasteiger charge is 2.31. The molecule has 4 nitrogen and oxygen atoms in total. The van der Waals surface area contributed by atoms with Crippen LogP contribution in [0.25, 0.3) is 10.6 Å². The summed E-state index contributed by atoms with van der Waals surface area (Å²) >= 11 is 1.74. The molecule has 0 spiro atoms. The van der Waals surface area contributed by atoms with E-state index in [-0.39, 0.29) is 5.41 Å². The molecule has 0 aliphatic heterocycles. The van der Waals surface area contributed by atoms with Gasteiger partial charge in [0.25, 0.3) is 0 Å². The molecule has 0 amide bonds. The van der Waals surface area contributed by atoms with Gasteiger partial charge in [-0.05, 0) is 36.1 Å². The van der Waals surface area contributed by atoms with Crippen molar-refractivity contribution in [2.75, 3.05) is 13.2 Å². The van der Waals surface area contributed by atoms with Crippen LogP contribution in [0, 0.1) is 5.41 Å². The molecular weight excluding hydrogens is 306 g/mol. The van der Waals surface area contributed by atoms with Crippen molar-refractivity contribution in [3.8, 4) is 10.6 Å². The Hall–Kier alpha value is -1.17. The minimum atomic E-state index is 0.290. The van der Waals surface area contributed by atoms with Gasteiger partial charge in [-0.2, -0.15) is 5.10 Å². The molecule has 2 aromatic rings. The van der Waals surface area contributed by atoms with E-state index in [0.717, 1.165) is 25.2 Å². The highest BCUT2D eigenvalue weighted by Crippen LogP contribution is 2.38. The number of nitrogens with one attached hydrogen (secondary N) is 1. The third kappa shape index (κ3) is 4.03. The molecule has 0 aromatic carbocycles. The molecule has 0 unspecified atom stereocenters. The first-order chi connectivity index (χ1) is 11.2. The van der Waals surface area contributed by atoms with E-state index in [4.69, 9.17) is 0 Å². The molecule has 0 saturated heterocycles. The molecule has 1 aliphatic carbocycles. The van der Waals surface area contributed by atoms with E-state index in [1.54, 1.807) is 11.3 Å². The molecule has 1 aliphatic rings. The maximum Gasteiger partial charge on any atom is 0.107 e. The van der Waals surface area contributed by atoms with Crippen LogP contribution in [0.5, 0.6) is 0 Å². The second kappa shape index (κ2) is 7.60. The lowest BCUT2D eigenvalue weighted by molar-refractivity contribution is 0.126. The fourth-order valence-corrected chi connectivity index (χ4v) is 4.55. The molecule has 2 N–H and O–H groups in total. The maximum absolute atomic E-state index is 9.43. The molecule has 1 saturated carbocycles. The molecule has 1 fully saturated rings. The van der Waals surface area contributed by atoms with Crippen LogP contribution in [0.1, 0.15) is 44.1 Å². The van der Waals surface area contributed by atoms with E-state index in [1.165, 1.54) is 42.5 Å². The van der Waals surface area contributed by atoms with Crippen LogP contribution in [-0.4, -0.2) is 28.0 Å². The van der Waals surface area contributed by atoms with Gasteiger partial charge in [0.15, 0.2) is 0 Å². The van der Waals surface area contributed by atoms with E-state index in [0.29, 0.717) is 6.61 Å². The van der Waals surface area contributed by atoms with Crippen LogP contribution in [0.15, 0.2) is 23.7 Å². The minimum Gasteiger partial charge on any atom is -0.396 e. The molecule has 3 rings (SSSR count). The summed E-state index contributed by atoms with van der Waals surface area (Å²) in [4.78, 5) is 1.23. The smallest absolute Gasteiger partial charge is 0.107 e. The Morgan fingerprint density at radius 3 is 2.87 bits per heavy atom. The van der Waals surface area contributed by atoms with Crippen molar-refractivity contribution in [1.82, 2.24) is 15.1 Å².